The fraction of sp³-hybridized carbons (Fsp3) is 0.795. The minimum atomic E-state index is -0.951. The molecule has 0 bridgehead atoms. The third-order valence-corrected chi connectivity index (χ3v) is 9.35. The molecule has 0 saturated heterocycles. The van der Waals surface area contributed by atoms with Crippen molar-refractivity contribution in [2.24, 2.45) is 0 Å². The third kappa shape index (κ3) is 35.9. The van der Waals surface area contributed by atoms with E-state index >= 15 is 0 Å². The van der Waals surface area contributed by atoms with Gasteiger partial charge in [-0.3, -0.25) is 4.79 Å². The summed E-state index contributed by atoms with van der Waals surface area (Å²) in [6, 6.07) is -0.761. The molecular formula is C44H81NO4. The number of aliphatic hydroxyl groups is 3. The molecule has 0 aromatic carbocycles. The van der Waals surface area contributed by atoms with Crippen LogP contribution in [0.1, 0.15) is 200 Å². The first-order chi connectivity index (χ1) is 24.0. The van der Waals surface area contributed by atoms with Crippen LogP contribution in [0, 0.1) is 0 Å². The Bertz CT molecular complexity index is 805. The molecule has 0 aliphatic heterocycles. The molecule has 0 aliphatic rings. The smallest absolute Gasteiger partial charge is 0.222 e. The van der Waals surface area contributed by atoms with Crippen molar-refractivity contribution in [2.75, 3.05) is 6.61 Å². The number of nitrogens with one attached hydrogen (secondary N) is 1. The predicted octanol–water partition coefficient (Wildman–Crippen LogP) is 11.8. The summed E-state index contributed by atoms with van der Waals surface area (Å²) >= 11 is 0. The minimum Gasteiger partial charge on any atom is -0.394 e. The molecule has 0 aromatic heterocycles. The molecule has 5 heteroatoms. The Morgan fingerprint density at radius 3 is 1.53 bits per heavy atom. The second kappa shape index (κ2) is 39.1. The average molecular weight is 688 g/mol. The van der Waals surface area contributed by atoms with E-state index in [1.807, 2.05) is 6.08 Å². The number of hydrogen-bond acceptors (Lipinski definition) is 4. The van der Waals surface area contributed by atoms with Crippen molar-refractivity contribution in [3.05, 3.63) is 48.6 Å². The van der Waals surface area contributed by atoms with Crippen LogP contribution in [-0.4, -0.2) is 46.1 Å². The Morgan fingerprint density at radius 1 is 0.551 bits per heavy atom. The molecular weight excluding hydrogens is 606 g/mol. The fourth-order valence-electron chi connectivity index (χ4n) is 6.16. The van der Waals surface area contributed by atoms with Crippen LogP contribution >= 0.6 is 0 Å². The first-order valence-corrected chi connectivity index (χ1v) is 20.9. The summed E-state index contributed by atoms with van der Waals surface area (Å²) in [5, 5.41) is 33.1. The normalized spacial score (nSPS) is 14.1. The van der Waals surface area contributed by atoms with Crippen molar-refractivity contribution in [3.63, 3.8) is 0 Å². The number of unbranched alkanes of at least 4 members (excludes halogenated alkanes) is 22. The minimum absolute atomic E-state index is 0.00400. The zero-order chi connectivity index (χ0) is 35.9. The van der Waals surface area contributed by atoms with Crippen LogP contribution in [0.2, 0.25) is 0 Å². The molecule has 0 aromatic rings. The van der Waals surface area contributed by atoms with Crippen molar-refractivity contribution in [1.29, 1.82) is 0 Å². The maximum atomic E-state index is 12.4. The molecule has 0 radical (unpaired) electrons. The SMILES string of the molecule is CC/C=C\C/C=C\CCCCCCCCCCCCCCC(O)CC(=O)NC(CO)C(O)/C=C/CC/C=C/CCCCCCCCCCC. The summed E-state index contributed by atoms with van der Waals surface area (Å²) in [7, 11) is 0. The second-order valence-electron chi connectivity index (χ2n) is 14.2. The molecule has 3 atom stereocenters. The van der Waals surface area contributed by atoms with Gasteiger partial charge in [0.1, 0.15) is 0 Å². The number of hydrogen-bond donors (Lipinski definition) is 4. The monoisotopic (exact) mass is 688 g/mol. The average Bonchev–Trinajstić information content (AvgIpc) is 3.09. The van der Waals surface area contributed by atoms with E-state index < -0.39 is 18.2 Å². The summed E-state index contributed by atoms with van der Waals surface area (Å²) in [5.41, 5.74) is 0. The maximum Gasteiger partial charge on any atom is 0.222 e. The molecule has 0 aliphatic carbocycles. The molecule has 4 N–H and O–H groups in total. The molecule has 0 fully saturated rings. The van der Waals surface area contributed by atoms with E-state index in [0.717, 1.165) is 44.9 Å². The zero-order valence-corrected chi connectivity index (χ0v) is 32.3. The van der Waals surface area contributed by atoms with Gasteiger partial charge in [0.25, 0.3) is 0 Å². The van der Waals surface area contributed by atoms with E-state index in [0.29, 0.717) is 6.42 Å². The number of carbonyl (C=O) groups excluding carboxylic acids is 1. The largest absolute Gasteiger partial charge is 0.394 e. The molecule has 1 amide bonds. The van der Waals surface area contributed by atoms with Crippen molar-refractivity contribution < 1.29 is 20.1 Å². The summed E-state index contributed by atoms with van der Waals surface area (Å²) in [4.78, 5) is 12.4. The van der Waals surface area contributed by atoms with Gasteiger partial charge in [0.15, 0.2) is 0 Å². The summed E-state index contributed by atoms with van der Waals surface area (Å²) < 4.78 is 0. The van der Waals surface area contributed by atoms with Crippen LogP contribution in [0.4, 0.5) is 0 Å². The third-order valence-electron chi connectivity index (χ3n) is 9.35. The fourth-order valence-corrected chi connectivity index (χ4v) is 6.16. The van der Waals surface area contributed by atoms with Crippen molar-refractivity contribution in [3.8, 4) is 0 Å². The number of amides is 1. The summed E-state index contributed by atoms with van der Waals surface area (Å²) in [6.07, 6.45) is 49.6. The van der Waals surface area contributed by atoms with Crippen molar-refractivity contribution in [1.82, 2.24) is 5.32 Å². The van der Waals surface area contributed by atoms with Crippen LogP contribution in [0.15, 0.2) is 48.6 Å². The van der Waals surface area contributed by atoms with Gasteiger partial charge in [0, 0.05) is 0 Å². The first kappa shape index (κ1) is 47.3. The lowest BCUT2D eigenvalue weighted by Crippen LogP contribution is -2.45. The zero-order valence-electron chi connectivity index (χ0n) is 32.3. The van der Waals surface area contributed by atoms with Gasteiger partial charge >= 0.3 is 0 Å². The van der Waals surface area contributed by atoms with Crippen LogP contribution in [0.5, 0.6) is 0 Å². The number of allylic oxidation sites excluding steroid dienone is 7. The van der Waals surface area contributed by atoms with Gasteiger partial charge in [-0.05, 0) is 57.8 Å². The maximum absolute atomic E-state index is 12.4. The lowest BCUT2D eigenvalue weighted by Gasteiger charge is -2.21. The van der Waals surface area contributed by atoms with E-state index in [1.54, 1.807) is 6.08 Å². The molecule has 0 heterocycles. The Hall–Kier alpha value is -1.69. The number of carbonyl (C=O) groups is 1. The highest BCUT2D eigenvalue weighted by Crippen LogP contribution is 2.15. The molecule has 0 spiro atoms. The molecule has 286 valence electrons. The Morgan fingerprint density at radius 2 is 1.00 bits per heavy atom. The molecule has 5 nitrogen and oxygen atoms in total. The van der Waals surface area contributed by atoms with Crippen LogP contribution in [0.3, 0.4) is 0 Å². The van der Waals surface area contributed by atoms with Gasteiger partial charge in [-0.2, -0.15) is 0 Å². The molecule has 0 saturated carbocycles. The highest BCUT2D eigenvalue weighted by molar-refractivity contribution is 5.76. The Labute approximate surface area is 304 Å². The Balaban J connectivity index is 3.71. The predicted molar refractivity (Wildman–Crippen MR) is 213 cm³/mol. The van der Waals surface area contributed by atoms with E-state index in [1.165, 1.54) is 128 Å². The first-order valence-electron chi connectivity index (χ1n) is 20.9. The van der Waals surface area contributed by atoms with Crippen LogP contribution in [0.25, 0.3) is 0 Å². The summed E-state index contributed by atoms with van der Waals surface area (Å²) in [6.45, 7) is 4.09. The quantitative estimate of drug-likeness (QED) is 0.0386. The van der Waals surface area contributed by atoms with E-state index in [-0.39, 0.29) is 18.9 Å². The number of rotatable bonds is 37. The van der Waals surface area contributed by atoms with Gasteiger partial charge in [-0.15, -0.1) is 0 Å². The second-order valence-corrected chi connectivity index (χ2v) is 14.2. The van der Waals surface area contributed by atoms with Gasteiger partial charge in [-0.25, -0.2) is 0 Å². The van der Waals surface area contributed by atoms with Gasteiger partial charge < -0.3 is 20.6 Å². The van der Waals surface area contributed by atoms with Crippen LogP contribution in [-0.2, 0) is 4.79 Å². The molecule has 3 unspecified atom stereocenters. The van der Waals surface area contributed by atoms with Crippen LogP contribution < -0.4 is 5.32 Å². The van der Waals surface area contributed by atoms with Gasteiger partial charge in [-0.1, -0.05) is 184 Å². The van der Waals surface area contributed by atoms with Crippen molar-refractivity contribution >= 4 is 5.91 Å². The molecule has 0 rings (SSSR count). The summed E-state index contributed by atoms with van der Waals surface area (Å²) in [5.74, 6) is -0.328. The topological polar surface area (TPSA) is 89.8 Å². The van der Waals surface area contributed by atoms with Gasteiger partial charge in [0.05, 0.1) is 31.3 Å². The van der Waals surface area contributed by atoms with Gasteiger partial charge in [0.2, 0.25) is 5.91 Å². The lowest BCUT2D eigenvalue weighted by atomic mass is 10.0. The number of aliphatic hydroxyl groups excluding tert-OH is 3. The van der Waals surface area contributed by atoms with E-state index in [9.17, 15) is 20.1 Å². The lowest BCUT2D eigenvalue weighted by molar-refractivity contribution is -0.124. The highest BCUT2D eigenvalue weighted by Gasteiger charge is 2.20. The molecule has 49 heavy (non-hydrogen) atoms. The highest BCUT2D eigenvalue weighted by atomic mass is 16.3. The van der Waals surface area contributed by atoms with E-state index in [4.69, 9.17) is 0 Å². The van der Waals surface area contributed by atoms with Crippen molar-refractivity contribution in [2.45, 2.75) is 218 Å². The van der Waals surface area contributed by atoms with E-state index in [2.05, 4.69) is 55.6 Å². The Kier molecular flexibility index (Phi) is 37.8. The standard InChI is InChI=1S/C44H81NO4/c1-3-5-7-9-11-13-15-17-19-20-21-22-24-25-27-29-31-33-35-37-41(47)39-44(49)45-42(40-46)43(48)38-36-34-32-30-28-26-23-18-16-14-12-10-8-6-4-2/h5,7,11,13,28,30,36,38,41-43,46-48H,3-4,6,8-10,12,14-27,29,31-35,37,39-40H2,1-2H3,(H,45,49)/b7-5-,13-11-,30-28+,38-36+.